The molecular weight excluding hydrogens is 313 g/mol. The van der Waals surface area contributed by atoms with Crippen LogP contribution in [0.1, 0.15) is 5.56 Å². The fourth-order valence-electron chi connectivity index (χ4n) is 1.98. The summed E-state index contributed by atoms with van der Waals surface area (Å²) < 4.78 is 44.0. The lowest BCUT2D eigenvalue weighted by atomic mass is 10.1. The Bertz CT molecular complexity index is 937. The largest absolute Gasteiger partial charge is 0.455 e. The summed E-state index contributed by atoms with van der Waals surface area (Å²) in [5.41, 5.74) is 3.89. The lowest BCUT2D eigenvalue weighted by Gasteiger charge is -2.13. The molecule has 0 fully saturated rings. The van der Waals surface area contributed by atoms with Crippen LogP contribution in [0.25, 0.3) is 11.2 Å². The zero-order chi connectivity index (χ0) is 16.6. The molecule has 3 rings (SSSR count). The number of H-pyrrole nitrogens is 1. The van der Waals surface area contributed by atoms with Crippen molar-refractivity contribution >= 4 is 16.9 Å². The van der Waals surface area contributed by atoms with E-state index < -0.39 is 23.0 Å². The van der Waals surface area contributed by atoms with Crippen molar-refractivity contribution in [1.29, 1.82) is 0 Å². The Morgan fingerprint density at radius 2 is 1.96 bits per heavy atom. The maximum atomic E-state index is 12.9. The van der Waals surface area contributed by atoms with Gasteiger partial charge in [0.1, 0.15) is 11.3 Å². The molecule has 0 aliphatic rings. The molecule has 6 nitrogen and oxygen atoms in total. The summed E-state index contributed by atoms with van der Waals surface area (Å²) in [5.74, 6) is 0.0937. The van der Waals surface area contributed by atoms with Crippen LogP contribution in [0.4, 0.5) is 18.9 Å². The molecule has 0 aliphatic heterocycles. The van der Waals surface area contributed by atoms with E-state index in [1.807, 2.05) is 0 Å². The molecule has 0 unspecified atom stereocenters. The van der Waals surface area contributed by atoms with Crippen LogP contribution >= 0.6 is 0 Å². The normalized spacial score (nSPS) is 11.6. The summed E-state index contributed by atoms with van der Waals surface area (Å²) in [6, 6.07) is 4.64. The summed E-state index contributed by atoms with van der Waals surface area (Å²) in [5, 5.41) is 0. The van der Waals surface area contributed by atoms with Gasteiger partial charge in [-0.25, -0.2) is 9.97 Å². The number of hydrogen-bond acceptors (Lipinski definition) is 5. The number of aromatic amines is 1. The molecule has 2 aromatic heterocycles. The number of nitrogens with one attached hydrogen (secondary N) is 1. The average molecular weight is 322 g/mol. The number of alkyl halides is 3. The number of nitrogen functional groups attached to an aromatic ring is 1. The van der Waals surface area contributed by atoms with E-state index in [0.29, 0.717) is 0 Å². The second-order valence-electron chi connectivity index (χ2n) is 4.60. The predicted molar refractivity (Wildman–Crippen MR) is 76.1 cm³/mol. The molecule has 0 aliphatic carbocycles. The van der Waals surface area contributed by atoms with Gasteiger partial charge in [0.2, 0.25) is 0 Å². The third-order valence-corrected chi connectivity index (χ3v) is 3.00. The van der Waals surface area contributed by atoms with E-state index in [1.54, 1.807) is 0 Å². The van der Waals surface area contributed by atoms with Crippen LogP contribution in [0.15, 0.2) is 41.5 Å². The van der Waals surface area contributed by atoms with Crippen LogP contribution in [0.3, 0.4) is 0 Å². The number of fused-ring (bicyclic) bond motifs is 1. The third kappa shape index (κ3) is 2.93. The maximum Gasteiger partial charge on any atom is 0.418 e. The van der Waals surface area contributed by atoms with Crippen molar-refractivity contribution in [3.8, 4) is 11.5 Å². The van der Waals surface area contributed by atoms with Gasteiger partial charge in [0.25, 0.3) is 5.56 Å². The number of ether oxygens (including phenoxy) is 1. The monoisotopic (exact) mass is 322 g/mol. The number of halogens is 3. The van der Waals surface area contributed by atoms with Gasteiger partial charge in [0.15, 0.2) is 11.4 Å². The van der Waals surface area contributed by atoms with Gasteiger partial charge < -0.3 is 15.5 Å². The van der Waals surface area contributed by atoms with Crippen LogP contribution in [-0.2, 0) is 6.18 Å². The van der Waals surface area contributed by atoms with Crippen molar-refractivity contribution in [1.82, 2.24) is 15.0 Å². The Morgan fingerprint density at radius 1 is 1.17 bits per heavy atom. The predicted octanol–water partition coefficient (Wildman–Crippen LogP) is 2.71. The molecule has 0 bridgehead atoms. The molecule has 118 valence electrons. The highest BCUT2D eigenvalue weighted by Crippen LogP contribution is 2.37. The van der Waals surface area contributed by atoms with Crippen LogP contribution in [0.5, 0.6) is 11.5 Å². The zero-order valence-corrected chi connectivity index (χ0v) is 11.4. The second kappa shape index (κ2) is 5.27. The summed E-state index contributed by atoms with van der Waals surface area (Å²) in [6.07, 6.45) is -2.22. The standard InChI is InChI=1S/C14H9F3N4O2/c15-14(16,17)8-5-7(1-2-9(8)18)23-10-3-4-19-13-12(10)20-6-11(22)21-13/h1-6H,18H2,(H,19,21,22). The minimum atomic E-state index is -4.59. The van der Waals surface area contributed by atoms with Crippen LogP contribution in [0, 0.1) is 0 Å². The molecular formula is C14H9F3N4O2. The van der Waals surface area contributed by atoms with E-state index in [4.69, 9.17) is 10.5 Å². The molecule has 3 aromatic rings. The summed E-state index contributed by atoms with van der Waals surface area (Å²) >= 11 is 0. The highest BCUT2D eigenvalue weighted by molar-refractivity contribution is 5.77. The van der Waals surface area contributed by atoms with Crippen LogP contribution in [0.2, 0.25) is 0 Å². The lowest BCUT2D eigenvalue weighted by molar-refractivity contribution is -0.137. The number of nitrogens with zero attached hydrogens (tertiary/aromatic N) is 2. The average Bonchev–Trinajstić information content (AvgIpc) is 2.48. The minimum absolute atomic E-state index is 0.0629. The van der Waals surface area contributed by atoms with Crippen molar-refractivity contribution in [2.75, 3.05) is 5.73 Å². The van der Waals surface area contributed by atoms with Gasteiger partial charge in [0.05, 0.1) is 11.8 Å². The van der Waals surface area contributed by atoms with Gasteiger partial charge in [0, 0.05) is 18.0 Å². The molecule has 1 aromatic carbocycles. The van der Waals surface area contributed by atoms with Crippen molar-refractivity contribution in [2.45, 2.75) is 6.18 Å². The Hall–Kier alpha value is -3.10. The van der Waals surface area contributed by atoms with Crippen molar-refractivity contribution in [2.24, 2.45) is 0 Å². The Morgan fingerprint density at radius 3 is 2.70 bits per heavy atom. The Kier molecular flexibility index (Phi) is 3.40. The number of nitrogens with two attached hydrogens (primary N) is 1. The minimum Gasteiger partial charge on any atom is -0.455 e. The number of rotatable bonds is 2. The number of hydrogen-bond donors (Lipinski definition) is 2. The first-order valence-electron chi connectivity index (χ1n) is 6.33. The van der Waals surface area contributed by atoms with E-state index in [-0.39, 0.29) is 22.7 Å². The van der Waals surface area contributed by atoms with Gasteiger partial charge >= 0.3 is 6.18 Å². The quantitative estimate of drug-likeness (QED) is 0.708. The fraction of sp³-hybridized carbons (Fsp3) is 0.0714. The van der Waals surface area contributed by atoms with Gasteiger partial charge in [-0.05, 0) is 18.2 Å². The molecule has 0 radical (unpaired) electrons. The van der Waals surface area contributed by atoms with Crippen molar-refractivity contribution in [3.63, 3.8) is 0 Å². The van der Waals surface area contributed by atoms with E-state index in [2.05, 4.69) is 15.0 Å². The molecule has 9 heteroatoms. The zero-order valence-electron chi connectivity index (χ0n) is 11.4. The van der Waals surface area contributed by atoms with Gasteiger partial charge in [-0.15, -0.1) is 0 Å². The fourth-order valence-corrected chi connectivity index (χ4v) is 1.98. The number of aromatic nitrogens is 3. The SMILES string of the molecule is Nc1ccc(Oc2ccnc3[nH]c(=O)cnc23)cc1C(F)(F)F. The molecule has 0 saturated heterocycles. The van der Waals surface area contributed by atoms with Crippen LogP contribution in [-0.4, -0.2) is 15.0 Å². The molecule has 0 saturated carbocycles. The molecule has 2 heterocycles. The van der Waals surface area contributed by atoms with E-state index >= 15 is 0 Å². The van der Waals surface area contributed by atoms with Gasteiger partial charge in [-0.3, -0.25) is 4.79 Å². The number of anilines is 1. The highest BCUT2D eigenvalue weighted by Gasteiger charge is 2.33. The van der Waals surface area contributed by atoms with Crippen LogP contribution < -0.4 is 16.0 Å². The Labute approximate surface area is 126 Å². The summed E-state index contributed by atoms with van der Waals surface area (Å²) in [4.78, 5) is 21.5. The topological polar surface area (TPSA) is 93.9 Å². The third-order valence-electron chi connectivity index (χ3n) is 3.00. The molecule has 23 heavy (non-hydrogen) atoms. The number of pyridine rings is 1. The second-order valence-corrected chi connectivity index (χ2v) is 4.60. The number of benzene rings is 1. The molecule has 3 N–H and O–H groups in total. The molecule has 0 amide bonds. The first-order valence-corrected chi connectivity index (χ1v) is 6.33. The first kappa shape index (κ1) is 14.8. The molecule has 0 atom stereocenters. The lowest BCUT2D eigenvalue weighted by Crippen LogP contribution is -2.09. The maximum absolute atomic E-state index is 12.9. The van der Waals surface area contributed by atoms with Crippen molar-refractivity contribution in [3.05, 3.63) is 52.6 Å². The molecule has 0 spiro atoms. The van der Waals surface area contributed by atoms with Gasteiger partial charge in [-0.1, -0.05) is 0 Å². The first-order chi connectivity index (χ1) is 10.8. The summed E-state index contributed by atoms with van der Waals surface area (Å²) in [6.45, 7) is 0. The highest BCUT2D eigenvalue weighted by atomic mass is 19.4. The Balaban J connectivity index is 2.05. The van der Waals surface area contributed by atoms with Crippen molar-refractivity contribution < 1.29 is 17.9 Å². The summed E-state index contributed by atoms with van der Waals surface area (Å²) in [7, 11) is 0. The van der Waals surface area contributed by atoms with Gasteiger partial charge in [-0.2, -0.15) is 13.2 Å². The smallest absolute Gasteiger partial charge is 0.418 e. The van der Waals surface area contributed by atoms with E-state index in [0.717, 1.165) is 18.3 Å². The van der Waals surface area contributed by atoms with E-state index in [9.17, 15) is 18.0 Å². The van der Waals surface area contributed by atoms with E-state index in [1.165, 1.54) is 18.3 Å².